The van der Waals surface area contributed by atoms with Crippen molar-refractivity contribution < 1.29 is 4.74 Å². The highest BCUT2D eigenvalue weighted by Gasteiger charge is 2.29. The zero-order valence-corrected chi connectivity index (χ0v) is 6.69. The molecule has 1 aliphatic rings. The molecule has 0 bridgehead atoms. The molecule has 0 aliphatic carbocycles. The van der Waals surface area contributed by atoms with E-state index in [-0.39, 0.29) is 12.1 Å². The summed E-state index contributed by atoms with van der Waals surface area (Å²) in [6.07, 6.45) is 3.59. The molecule has 2 rings (SSSR count). The van der Waals surface area contributed by atoms with Crippen molar-refractivity contribution in [3.63, 3.8) is 0 Å². The first-order valence-electron chi connectivity index (χ1n) is 3.87. The van der Waals surface area contributed by atoms with E-state index < -0.39 is 11.1 Å². The van der Waals surface area contributed by atoms with Gasteiger partial charge in [-0.05, 0) is 6.92 Å². The SMILES string of the molecule is C[C@@H]1OCC=C[C@H]1n1c(=O)c1=O. The van der Waals surface area contributed by atoms with Gasteiger partial charge in [0.2, 0.25) is 0 Å². The minimum Gasteiger partial charge on any atom is -0.372 e. The Kier molecular flexibility index (Phi) is 1.51. The lowest BCUT2D eigenvalue weighted by molar-refractivity contribution is 0.0525. The maximum Gasteiger partial charge on any atom is 0.320 e. The van der Waals surface area contributed by atoms with Crippen LogP contribution in [0.3, 0.4) is 0 Å². The summed E-state index contributed by atoms with van der Waals surface area (Å²) in [6.45, 7) is 2.42. The Morgan fingerprint density at radius 2 is 2.17 bits per heavy atom. The van der Waals surface area contributed by atoms with E-state index in [0.29, 0.717) is 6.61 Å². The number of rotatable bonds is 1. The molecule has 1 aliphatic heterocycles. The fourth-order valence-corrected chi connectivity index (χ4v) is 1.37. The highest BCUT2D eigenvalue weighted by atomic mass is 16.5. The van der Waals surface area contributed by atoms with Crippen molar-refractivity contribution in [3.8, 4) is 0 Å². The quantitative estimate of drug-likeness (QED) is 0.422. The molecule has 12 heavy (non-hydrogen) atoms. The normalized spacial score (nSPS) is 29.8. The third kappa shape index (κ3) is 0.956. The standard InChI is InChI=1S/C8H9NO3/c1-5-6(3-2-4-12-5)9-7(10)8(9)11/h2-3,5-6H,4H2,1H3/t5-,6+/m0/s1. The van der Waals surface area contributed by atoms with Gasteiger partial charge >= 0.3 is 11.1 Å². The second-order valence-electron chi connectivity index (χ2n) is 2.94. The third-order valence-corrected chi connectivity index (χ3v) is 2.14. The molecule has 0 saturated heterocycles. The van der Waals surface area contributed by atoms with E-state index in [2.05, 4.69) is 0 Å². The van der Waals surface area contributed by atoms with Gasteiger partial charge in [-0.25, -0.2) is 0 Å². The van der Waals surface area contributed by atoms with Gasteiger partial charge in [-0.1, -0.05) is 12.2 Å². The number of hydrogen-bond acceptors (Lipinski definition) is 3. The summed E-state index contributed by atoms with van der Waals surface area (Å²) in [5, 5.41) is 0. The molecule has 0 aromatic carbocycles. The molecule has 4 nitrogen and oxygen atoms in total. The predicted octanol–water partition coefficient (Wildman–Crippen LogP) is -0.400. The van der Waals surface area contributed by atoms with Crippen molar-refractivity contribution >= 4 is 0 Å². The van der Waals surface area contributed by atoms with E-state index >= 15 is 0 Å². The molecule has 0 unspecified atom stereocenters. The first kappa shape index (κ1) is 7.49. The molecule has 2 heterocycles. The molecule has 0 saturated carbocycles. The van der Waals surface area contributed by atoms with Crippen LogP contribution in [-0.4, -0.2) is 17.3 Å². The van der Waals surface area contributed by atoms with Gasteiger partial charge in [0.1, 0.15) is 0 Å². The van der Waals surface area contributed by atoms with Gasteiger partial charge in [0.25, 0.3) is 0 Å². The van der Waals surface area contributed by atoms with E-state index in [1.54, 1.807) is 0 Å². The predicted molar refractivity (Wildman–Crippen MR) is 42.9 cm³/mol. The van der Waals surface area contributed by atoms with Crippen LogP contribution in [0.15, 0.2) is 21.7 Å². The van der Waals surface area contributed by atoms with E-state index in [0.717, 1.165) is 0 Å². The summed E-state index contributed by atoms with van der Waals surface area (Å²) in [4.78, 5) is 21.5. The van der Waals surface area contributed by atoms with Crippen LogP contribution in [0.2, 0.25) is 0 Å². The van der Waals surface area contributed by atoms with Crippen LogP contribution in [0.4, 0.5) is 0 Å². The minimum absolute atomic E-state index is 0.0783. The lowest BCUT2D eigenvalue weighted by Gasteiger charge is -2.21. The van der Waals surface area contributed by atoms with Crippen molar-refractivity contribution in [3.05, 3.63) is 32.9 Å². The summed E-state index contributed by atoms with van der Waals surface area (Å²) in [6, 6.07) is -0.182. The largest absolute Gasteiger partial charge is 0.372 e. The molecule has 0 N–H and O–H groups in total. The van der Waals surface area contributed by atoms with Gasteiger partial charge < -0.3 is 4.74 Å². The maximum atomic E-state index is 10.7. The summed E-state index contributed by atoms with van der Waals surface area (Å²) in [5.41, 5.74) is -0.802. The Balaban J connectivity index is 2.29. The van der Waals surface area contributed by atoms with Crippen LogP contribution in [0, 0.1) is 0 Å². The topological polar surface area (TPSA) is 48.3 Å². The molecule has 0 fully saturated rings. The lowest BCUT2D eigenvalue weighted by Crippen LogP contribution is -2.25. The van der Waals surface area contributed by atoms with E-state index in [1.165, 1.54) is 4.57 Å². The Labute approximate surface area is 68.8 Å². The Bertz CT molecular complexity index is 358. The summed E-state index contributed by atoms with van der Waals surface area (Å²) in [5.74, 6) is 0. The average Bonchev–Trinajstić information content (AvgIpc) is 2.62. The molecular formula is C8H9NO3. The second kappa shape index (κ2) is 2.42. The first-order valence-corrected chi connectivity index (χ1v) is 3.87. The number of nitrogens with zero attached hydrogens (tertiary/aromatic N) is 1. The summed E-state index contributed by atoms with van der Waals surface area (Å²) >= 11 is 0. The summed E-state index contributed by atoms with van der Waals surface area (Å²) < 4.78 is 6.48. The monoisotopic (exact) mass is 167 g/mol. The molecular weight excluding hydrogens is 158 g/mol. The molecule has 0 spiro atoms. The highest BCUT2D eigenvalue weighted by molar-refractivity contribution is 5.05. The van der Waals surface area contributed by atoms with Crippen molar-refractivity contribution in [2.75, 3.05) is 6.61 Å². The maximum absolute atomic E-state index is 10.7. The van der Waals surface area contributed by atoms with Crippen LogP contribution in [0.5, 0.6) is 0 Å². The van der Waals surface area contributed by atoms with Gasteiger partial charge in [-0.2, -0.15) is 0 Å². The van der Waals surface area contributed by atoms with Crippen LogP contribution >= 0.6 is 0 Å². The number of ether oxygens (including phenoxy) is 1. The van der Waals surface area contributed by atoms with Crippen molar-refractivity contribution in [2.45, 2.75) is 19.1 Å². The zero-order valence-electron chi connectivity index (χ0n) is 6.69. The first-order chi connectivity index (χ1) is 5.72. The van der Waals surface area contributed by atoms with E-state index in [1.807, 2.05) is 19.1 Å². The molecule has 0 amide bonds. The molecule has 0 radical (unpaired) electrons. The highest BCUT2D eigenvalue weighted by Crippen LogP contribution is 2.17. The van der Waals surface area contributed by atoms with Gasteiger partial charge in [-0.3, -0.25) is 14.2 Å². The fraction of sp³-hybridized carbons (Fsp3) is 0.500. The molecule has 64 valence electrons. The van der Waals surface area contributed by atoms with Crippen molar-refractivity contribution in [1.29, 1.82) is 0 Å². The van der Waals surface area contributed by atoms with Crippen LogP contribution in [0.25, 0.3) is 0 Å². The second-order valence-corrected chi connectivity index (χ2v) is 2.94. The number of hydrogen-bond donors (Lipinski definition) is 0. The van der Waals surface area contributed by atoms with Gasteiger partial charge in [0, 0.05) is 0 Å². The lowest BCUT2D eigenvalue weighted by atomic mass is 10.1. The van der Waals surface area contributed by atoms with Crippen LogP contribution in [-0.2, 0) is 4.74 Å². The van der Waals surface area contributed by atoms with Gasteiger partial charge in [0.05, 0.1) is 18.8 Å². The minimum atomic E-state index is -0.401. The molecule has 4 heteroatoms. The third-order valence-electron chi connectivity index (χ3n) is 2.14. The smallest absolute Gasteiger partial charge is 0.320 e. The zero-order chi connectivity index (χ0) is 8.72. The Morgan fingerprint density at radius 3 is 2.67 bits per heavy atom. The van der Waals surface area contributed by atoms with Crippen LogP contribution < -0.4 is 11.1 Å². The van der Waals surface area contributed by atoms with E-state index in [4.69, 9.17) is 4.74 Å². The van der Waals surface area contributed by atoms with Crippen molar-refractivity contribution in [2.24, 2.45) is 0 Å². The Hall–Kier alpha value is -1.16. The van der Waals surface area contributed by atoms with Gasteiger partial charge in [0.15, 0.2) is 0 Å². The van der Waals surface area contributed by atoms with Gasteiger partial charge in [-0.15, -0.1) is 0 Å². The van der Waals surface area contributed by atoms with E-state index in [9.17, 15) is 9.59 Å². The Morgan fingerprint density at radius 1 is 1.50 bits per heavy atom. The number of aromatic nitrogens is 1. The average molecular weight is 167 g/mol. The molecule has 1 aromatic rings. The molecule has 2 atom stereocenters. The molecule has 1 aromatic heterocycles. The summed E-state index contributed by atoms with van der Waals surface area (Å²) in [7, 11) is 0. The fourth-order valence-electron chi connectivity index (χ4n) is 1.37. The van der Waals surface area contributed by atoms with Crippen LogP contribution in [0.1, 0.15) is 13.0 Å². The van der Waals surface area contributed by atoms with Crippen molar-refractivity contribution in [1.82, 2.24) is 4.57 Å².